The van der Waals surface area contributed by atoms with E-state index in [2.05, 4.69) is 10.6 Å². The number of benzene rings is 2. The van der Waals surface area contributed by atoms with E-state index in [1.54, 1.807) is 23.1 Å². The zero-order valence-corrected chi connectivity index (χ0v) is 21.9. The standard InChI is InChI=1S/C29H37F4N3O3/c30-27(31)23-5-1-4-22(15-23)26(28(38)35-18-21-10-12-34-13-11-21)36(24-16-29(32,33)17-24)19-39-14-2-3-20-6-8-25(37)9-7-20/h1,4-9,15,21,24,26-27,34,37H,2-3,10-14,16-19H2,(H,35,38). The molecular weight excluding hydrogens is 514 g/mol. The van der Waals surface area contributed by atoms with E-state index >= 15 is 0 Å². The van der Waals surface area contributed by atoms with Crippen LogP contribution in [-0.4, -0.2) is 60.8 Å². The number of ether oxygens (including phenoxy) is 1. The van der Waals surface area contributed by atoms with Crippen molar-refractivity contribution in [2.24, 2.45) is 5.92 Å². The fraction of sp³-hybridized carbons (Fsp3) is 0.552. The summed E-state index contributed by atoms with van der Waals surface area (Å²) in [6.45, 7) is 2.40. The molecule has 0 aromatic heterocycles. The predicted molar refractivity (Wildman–Crippen MR) is 140 cm³/mol. The molecular formula is C29H37F4N3O3. The van der Waals surface area contributed by atoms with Crippen molar-refractivity contribution in [2.75, 3.05) is 33.0 Å². The van der Waals surface area contributed by atoms with Crippen LogP contribution in [0.25, 0.3) is 0 Å². The molecule has 2 aromatic carbocycles. The molecule has 1 aliphatic heterocycles. The third-order valence-electron chi connectivity index (χ3n) is 7.55. The van der Waals surface area contributed by atoms with E-state index in [1.807, 2.05) is 12.1 Å². The van der Waals surface area contributed by atoms with Crippen LogP contribution in [-0.2, 0) is 16.0 Å². The number of carbonyl (C=O) groups is 1. The molecule has 1 saturated heterocycles. The highest BCUT2D eigenvalue weighted by atomic mass is 19.3. The van der Waals surface area contributed by atoms with Gasteiger partial charge in [0.15, 0.2) is 0 Å². The molecule has 1 unspecified atom stereocenters. The molecule has 1 amide bonds. The first-order chi connectivity index (χ1) is 18.7. The number of aryl methyl sites for hydroxylation is 1. The molecule has 4 rings (SSSR count). The highest BCUT2D eigenvalue weighted by Gasteiger charge is 2.50. The monoisotopic (exact) mass is 551 g/mol. The lowest BCUT2D eigenvalue weighted by molar-refractivity contribution is -0.162. The van der Waals surface area contributed by atoms with Gasteiger partial charge in [-0.3, -0.25) is 9.69 Å². The number of phenols is 1. The van der Waals surface area contributed by atoms with Gasteiger partial charge >= 0.3 is 0 Å². The fourth-order valence-corrected chi connectivity index (χ4v) is 5.25. The molecule has 3 N–H and O–H groups in total. The molecule has 1 heterocycles. The summed E-state index contributed by atoms with van der Waals surface area (Å²) in [6, 6.07) is 10.8. The van der Waals surface area contributed by atoms with Crippen LogP contribution in [0.1, 0.15) is 61.3 Å². The van der Waals surface area contributed by atoms with Crippen molar-refractivity contribution in [3.63, 3.8) is 0 Å². The van der Waals surface area contributed by atoms with Gasteiger partial charge in [0.2, 0.25) is 5.91 Å². The number of halogens is 4. The molecule has 2 aliphatic rings. The van der Waals surface area contributed by atoms with E-state index in [-0.39, 0.29) is 18.0 Å². The number of nitrogens with one attached hydrogen (secondary N) is 2. The largest absolute Gasteiger partial charge is 0.508 e. The van der Waals surface area contributed by atoms with Crippen LogP contribution in [0.3, 0.4) is 0 Å². The molecule has 214 valence electrons. The Morgan fingerprint density at radius 2 is 1.79 bits per heavy atom. The molecule has 2 fully saturated rings. The van der Waals surface area contributed by atoms with Gasteiger partial charge in [0.1, 0.15) is 18.5 Å². The number of phenolic OH excluding ortho intramolecular Hbond substituents is 1. The van der Waals surface area contributed by atoms with E-state index in [4.69, 9.17) is 4.74 Å². The topological polar surface area (TPSA) is 73.8 Å². The van der Waals surface area contributed by atoms with Crippen molar-refractivity contribution >= 4 is 5.91 Å². The van der Waals surface area contributed by atoms with Crippen molar-refractivity contribution in [3.05, 3.63) is 65.2 Å². The maximum atomic E-state index is 13.9. The van der Waals surface area contributed by atoms with E-state index in [0.29, 0.717) is 37.5 Å². The quantitative estimate of drug-likeness (QED) is 0.182. The van der Waals surface area contributed by atoms with Crippen molar-refractivity contribution in [1.82, 2.24) is 15.5 Å². The molecule has 0 radical (unpaired) electrons. The smallest absolute Gasteiger partial charge is 0.263 e. The van der Waals surface area contributed by atoms with Gasteiger partial charge in [0, 0.05) is 37.6 Å². The number of hydrogen-bond acceptors (Lipinski definition) is 5. The molecule has 2 aromatic rings. The molecule has 10 heteroatoms. The lowest BCUT2D eigenvalue weighted by Gasteiger charge is -2.45. The minimum Gasteiger partial charge on any atom is -0.508 e. The average Bonchev–Trinajstić information content (AvgIpc) is 2.91. The summed E-state index contributed by atoms with van der Waals surface area (Å²) in [5, 5.41) is 15.7. The van der Waals surface area contributed by atoms with Crippen LogP contribution in [0, 0.1) is 5.92 Å². The first-order valence-corrected chi connectivity index (χ1v) is 13.6. The number of carbonyl (C=O) groups excluding carboxylic acids is 1. The summed E-state index contributed by atoms with van der Waals surface area (Å²) in [6.07, 6.45) is -0.401. The summed E-state index contributed by atoms with van der Waals surface area (Å²) in [4.78, 5) is 15.2. The number of rotatable bonds is 13. The van der Waals surface area contributed by atoms with Crippen molar-refractivity contribution in [1.29, 1.82) is 0 Å². The number of aromatic hydroxyl groups is 1. The molecule has 1 saturated carbocycles. The highest BCUT2D eigenvalue weighted by molar-refractivity contribution is 5.83. The van der Waals surface area contributed by atoms with E-state index in [9.17, 15) is 27.5 Å². The minimum atomic E-state index is -2.83. The zero-order valence-electron chi connectivity index (χ0n) is 21.9. The van der Waals surface area contributed by atoms with Crippen LogP contribution in [0.15, 0.2) is 48.5 Å². The summed E-state index contributed by atoms with van der Waals surface area (Å²) in [5.41, 5.74) is 1.13. The Kier molecular flexibility index (Phi) is 10.2. The Morgan fingerprint density at radius 3 is 2.46 bits per heavy atom. The summed E-state index contributed by atoms with van der Waals surface area (Å²) >= 11 is 0. The Morgan fingerprint density at radius 1 is 1.10 bits per heavy atom. The number of nitrogens with zero attached hydrogens (tertiary/aromatic N) is 1. The Balaban J connectivity index is 1.48. The van der Waals surface area contributed by atoms with Crippen LogP contribution in [0.4, 0.5) is 17.6 Å². The van der Waals surface area contributed by atoms with Gasteiger partial charge in [-0.15, -0.1) is 0 Å². The van der Waals surface area contributed by atoms with E-state index in [1.165, 1.54) is 18.2 Å². The van der Waals surface area contributed by atoms with Crippen LogP contribution < -0.4 is 10.6 Å². The summed E-state index contributed by atoms with van der Waals surface area (Å²) < 4.78 is 60.8. The first kappa shape index (κ1) is 29.3. The van der Waals surface area contributed by atoms with E-state index in [0.717, 1.165) is 31.5 Å². The molecule has 6 nitrogen and oxygen atoms in total. The van der Waals surface area contributed by atoms with Gasteiger partial charge in [0.25, 0.3) is 12.3 Å². The van der Waals surface area contributed by atoms with E-state index < -0.39 is 43.2 Å². The SMILES string of the molecule is O=C(NCC1CCNCC1)C(c1cccc(C(F)F)c1)N(COCCCc1ccc(O)cc1)C1CC(F)(F)C1. The second kappa shape index (κ2) is 13.6. The number of piperidine rings is 1. The normalized spacial score (nSPS) is 18.7. The lowest BCUT2D eigenvalue weighted by atomic mass is 9.85. The third kappa shape index (κ3) is 8.40. The maximum Gasteiger partial charge on any atom is 0.263 e. The summed E-state index contributed by atoms with van der Waals surface area (Å²) in [5.74, 6) is -2.75. The highest BCUT2D eigenvalue weighted by Crippen LogP contribution is 2.43. The van der Waals surface area contributed by atoms with Gasteiger partial charge in [-0.2, -0.15) is 0 Å². The third-order valence-corrected chi connectivity index (χ3v) is 7.55. The second-order valence-corrected chi connectivity index (χ2v) is 10.6. The zero-order chi connectivity index (χ0) is 27.8. The first-order valence-electron chi connectivity index (χ1n) is 13.6. The Bertz CT molecular complexity index is 1060. The Hall–Kier alpha value is -2.69. The van der Waals surface area contributed by atoms with Gasteiger partial charge in [-0.1, -0.05) is 30.3 Å². The van der Waals surface area contributed by atoms with Gasteiger partial charge < -0.3 is 20.5 Å². The predicted octanol–water partition coefficient (Wildman–Crippen LogP) is 5.19. The number of hydrogen-bond donors (Lipinski definition) is 3. The molecule has 1 atom stereocenters. The number of amides is 1. The van der Waals surface area contributed by atoms with Crippen molar-refractivity contribution in [3.8, 4) is 5.75 Å². The Labute approximate surface area is 226 Å². The average molecular weight is 552 g/mol. The number of alkyl halides is 4. The van der Waals surface area contributed by atoms with Crippen LogP contribution in [0.2, 0.25) is 0 Å². The second-order valence-electron chi connectivity index (χ2n) is 10.6. The lowest BCUT2D eigenvalue weighted by Crippen LogP contribution is -2.55. The molecule has 39 heavy (non-hydrogen) atoms. The van der Waals surface area contributed by atoms with Crippen LogP contribution in [0.5, 0.6) is 5.75 Å². The minimum absolute atomic E-state index is 0.0827. The molecule has 0 spiro atoms. The van der Waals surface area contributed by atoms with Gasteiger partial charge in [-0.25, -0.2) is 17.6 Å². The van der Waals surface area contributed by atoms with Crippen molar-refractivity contribution < 1.29 is 32.2 Å². The molecule has 1 aliphatic carbocycles. The molecule has 0 bridgehead atoms. The maximum absolute atomic E-state index is 13.9. The fourth-order valence-electron chi connectivity index (χ4n) is 5.25. The van der Waals surface area contributed by atoms with Crippen LogP contribution >= 0.6 is 0 Å². The van der Waals surface area contributed by atoms with Gasteiger partial charge in [0.05, 0.1) is 0 Å². The van der Waals surface area contributed by atoms with Crippen molar-refractivity contribution in [2.45, 2.75) is 63.0 Å². The summed E-state index contributed by atoms with van der Waals surface area (Å²) in [7, 11) is 0. The van der Waals surface area contributed by atoms with Gasteiger partial charge in [-0.05, 0) is 74.0 Å².